The predicted octanol–water partition coefficient (Wildman–Crippen LogP) is 1.95. The zero-order chi connectivity index (χ0) is 18.1. The molecule has 0 atom stereocenters. The van der Waals surface area contributed by atoms with Crippen LogP contribution in [0.2, 0.25) is 0 Å². The number of piperazine rings is 1. The van der Waals surface area contributed by atoms with Gasteiger partial charge in [0.15, 0.2) is 0 Å². The molecule has 6 nitrogen and oxygen atoms in total. The van der Waals surface area contributed by atoms with E-state index >= 15 is 0 Å². The first-order chi connectivity index (χ1) is 12.6. The summed E-state index contributed by atoms with van der Waals surface area (Å²) < 4.78 is 6.21. The molecule has 7 heteroatoms. The molecule has 2 heterocycles. The lowest BCUT2D eigenvalue weighted by molar-refractivity contribution is -0.122. The molecule has 2 aromatic rings. The van der Waals surface area contributed by atoms with Gasteiger partial charge in [-0.25, -0.2) is 4.79 Å². The smallest absolute Gasteiger partial charge is 0.336 e. The highest BCUT2D eigenvalue weighted by molar-refractivity contribution is 9.10. The molecule has 0 radical (unpaired) electrons. The second-order valence-corrected chi connectivity index (χ2v) is 8.04. The van der Waals surface area contributed by atoms with Crippen LogP contribution in [0.1, 0.15) is 18.4 Å². The summed E-state index contributed by atoms with van der Waals surface area (Å²) in [5.74, 6) is 0.137. The zero-order valence-electron chi connectivity index (χ0n) is 14.5. The van der Waals surface area contributed by atoms with Crippen molar-refractivity contribution in [3.63, 3.8) is 0 Å². The zero-order valence-corrected chi connectivity index (χ0v) is 16.1. The van der Waals surface area contributed by atoms with Crippen LogP contribution >= 0.6 is 15.9 Å². The lowest BCUT2D eigenvalue weighted by atomic mass is 10.1. The predicted molar refractivity (Wildman–Crippen MR) is 103 cm³/mol. The molecule has 0 unspecified atom stereocenters. The molecule has 2 aliphatic rings. The van der Waals surface area contributed by atoms with Crippen LogP contribution in [0.25, 0.3) is 11.0 Å². The minimum atomic E-state index is -0.319. The monoisotopic (exact) mass is 419 g/mol. The van der Waals surface area contributed by atoms with E-state index in [9.17, 15) is 9.59 Å². The van der Waals surface area contributed by atoms with Crippen molar-refractivity contribution in [2.24, 2.45) is 0 Å². The third kappa shape index (κ3) is 4.34. The fraction of sp³-hybridized carbons (Fsp3) is 0.474. The molecule has 1 N–H and O–H groups in total. The van der Waals surface area contributed by atoms with Gasteiger partial charge in [0.1, 0.15) is 5.58 Å². The molecule has 4 rings (SSSR count). The maximum Gasteiger partial charge on any atom is 0.336 e. The lowest BCUT2D eigenvalue weighted by Crippen LogP contribution is -2.49. The molecule has 0 spiro atoms. The highest BCUT2D eigenvalue weighted by atomic mass is 79.9. The Labute approximate surface area is 160 Å². The second kappa shape index (κ2) is 7.50. The third-order valence-electron chi connectivity index (χ3n) is 4.96. The molecule has 26 heavy (non-hydrogen) atoms. The summed E-state index contributed by atoms with van der Waals surface area (Å²) in [5.41, 5.74) is 1.28. The molecular weight excluding hydrogens is 398 g/mol. The topological polar surface area (TPSA) is 65.8 Å². The van der Waals surface area contributed by atoms with Crippen molar-refractivity contribution in [2.45, 2.75) is 25.4 Å². The molecule has 1 aromatic heterocycles. The van der Waals surface area contributed by atoms with Crippen molar-refractivity contribution in [1.82, 2.24) is 15.1 Å². The van der Waals surface area contributed by atoms with Gasteiger partial charge in [-0.1, -0.05) is 15.9 Å². The SMILES string of the molecule is O=C(CN1CCN(Cc2cc(=O)oc3cc(Br)ccc23)CC1)NC1CC1. The van der Waals surface area contributed by atoms with Gasteiger partial charge in [0.2, 0.25) is 5.91 Å². The van der Waals surface area contributed by atoms with Crippen molar-refractivity contribution in [2.75, 3.05) is 32.7 Å². The van der Waals surface area contributed by atoms with Gasteiger partial charge in [-0.3, -0.25) is 14.6 Å². The van der Waals surface area contributed by atoms with Gasteiger partial charge in [0.25, 0.3) is 0 Å². The van der Waals surface area contributed by atoms with E-state index in [4.69, 9.17) is 4.42 Å². The van der Waals surface area contributed by atoms with Crippen LogP contribution in [0.5, 0.6) is 0 Å². The fourth-order valence-corrected chi connectivity index (χ4v) is 3.73. The minimum Gasteiger partial charge on any atom is -0.423 e. The van der Waals surface area contributed by atoms with Crippen LogP contribution in [0.4, 0.5) is 0 Å². The summed E-state index contributed by atoms with van der Waals surface area (Å²) >= 11 is 3.41. The average molecular weight is 420 g/mol. The van der Waals surface area contributed by atoms with Gasteiger partial charge in [0.05, 0.1) is 6.54 Å². The number of amides is 1. The summed E-state index contributed by atoms with van der Waals surface area (Å²) in [6.45, 7) is 4.69. The van der Waals surface area contributed by atoms with Gasteiger partial charge >= 0.3 is 5.63 Å². The van der Waals surface area contributed by atoms with Gasteiger partial charge < -0.3 is 9.73 Å². The van der Waals surface area contributed by atoms with E-state index in [1.165, 1.54) is 0 Å². The highest BCUT2D eigenvalue weighted by Crippen LogP contribution is 2.23. The van der Waals surface area contributed by atoms with Gasteiger partial charge in [0, 0.05) is 54.7 Å². The van der Waals surface area contributed by atoms with E-state index in [2.05, 4.69) is 31.0 Å². The van der Waals surface area contributed by atoms with Crippen LogP contribution in [0, 0.1) is 0 Å². The average Bonchev–Trinajstić information content (AvgIpc) is 3.40. The lowest BCUT2D eigenvalue weighted by Gasteiger charge is -2.34. The van der Waals surface area contributed by atoms with Gasteiger partial charge in [-0.2, -0.15) is 0 Å². The van der Waals surface area contributed by atoms with Crippen LogP contribution in [0.3, 0.4) is 0 Å². The van der Waals surface area contributed by atoms with Crippen molar-refractivity contribution < 1.29 is 9.21 Å². The number of nitrogens with zero attached hydrogens (tertiary/aromatic N) is 2. The normalized spacial score (nSPS) is 19.0. The molecule has 1 saturated carbocycles. The fourth-order valence-electron chi connectivity index (χ4n) is 3.39. The maximum atomic E-state index is 11.9. The summed E-state index contributed by atoms with van der Waals surface area (Å²) in [6.07, 6.45) is 2.24. The Bertz CT molecular complexity index is 870. The number of hydrogen-bond donors (Lipinski definition) is 1. The van der Waals surface area contributed by atoms with E-state index in [0.29, 0.717) is 24.7 Å². The molecule has 1 aliphatic carbocycles. The Morgan fingerprint density at radius 3 is 2.62 bits per heavy atom. The Morgan fingerprint density at radius 2 is 1.88 bits per heavy atom. The molecule has 138 valence electrons. The summed E-state index contributed by atoms with van der Waals surface area (Å²) in [7, 11) is 0. The summed E-state index contributed by atoms with van der Waals surface area (Å²) in [5, 5.41) is 4.01. The highest BCUT2D eigenvalue weighted by Gasteiger charge is 2.25. The molecule has 1 saturated heterocycles. The second-order valence-electron chi connectivity index (χ2n) is 7.13. The Morgan fingerprint density at radius 1 is 1.15 bits per heavy atom. The molecule has 1 amide bonds. The molecule has 2 fully saturated rings. The van der Waals surface area contributed by atoms with Crippen LogP contribution in [-0.4, -0.2) is 54.5 Å². The third-order valence-corrected chi connectivity index (χ3v) is 5.45. The maximum absolute atomic E-state index is 11.9. The van der Waals surface area contributed by atoms with Gasteiger partial charge in [-0.15, -0.1) is 0 Å². The number of halogens is 1. The first kappa shape index (κ1) is 17.7. The van der Waals surface area contributed by atoms with Crippen LogP contribution in [-0.2, 0) is 11.3 Å². The van der Waals surface area contributed by atoms with Crippen molar-refractivity contribution in [3.8, 4) is 0 Å². The summed E-state index contributed by atoms with van der Waals surface area (Å²) in [6, 6.07) is 7.78. The largest absolute Gasteiger partial charge is 0.423 e. The molecule has 1 aliphatic heterocycles. The standard InChI is InChI=1S/C19H22BrN3O3/c20-14-1-4-16-13(9-19(25)26-17(16)10-14)11-22-5-7-23(8-6-22)12-18(24)21-15-2-3-15/h1,4,9-10,15H,2-3,5-8,11-12H2,(H,21,24). The quantitative estimate of drug-likeness (QED) is 0.750. The van der Waals surface area contributed by atoms with Crippen LogP contribution < -0.4 is 10.9 Å². The molecular formula is C19H22BrN3O3. The number of carbonyl (C=O) groups is 1. The minimum absolute atomic E-state index is 0.137. The molecule has 1 aromatic carbocycles. The van der Waals surface area contributed by atoms with E-state index < -0.39 is 0 Å². The van der Waals surface area contributed by atoms with Crippen molar-refractivity contribution in [3.05, 3.63) is 44.7 Å². The van der Waals surface area contributed by atoms with Gasteiger partial charge in [-0.05, 0) is 36.6 Å². The Balaban J connectivity index is 1.37. The number of rotatable bonds is 5. The number of nitrogens with one attached hydrogen (secondary N) is 1. The van der Waals surface area contributed by atoms with E-state index in [0.717, 1.165) is 54.4 Å². The summed E-state index contributed by atoms with van der Waals surface area (Å²) in [4.78, 5) is 28.3. The first-order valence-electron chi connectivity index (χ1n) is 9.03. The number of hydrogen-bond acceptors (Lipinski definition) is 5. The Hall–Kier alpha value is -1.70. The van der Waals surface area contributed by atoms with E-state index in [1.54, 1.807) is 6.07 Å². The first-order valence-corrected chi connectivity index (χ1v) is 9.82. The Kier molecular flexibility index (Phi) is 5.11. The van der Waals surface area contributed by atoms with Crippen molar-refractivity contribution in [1.29, 1.82) is 0 Å². The van der Waals surface area contributed by atoms with E-state index in [1.807, 2.05) is 18.2 Å². The van der Waals surface area contributed by atoms with E-state index in [-0.39, 0.29) is 11.5 Å². The number of carbonyl (C=O) groups excluding carboxylic acids is 1. The molecule has 0 bridgehead atoms. The number of benzene rings is 1. The van der Waals surface area contributed by atoms with Crippen molar-refractivity contribution >= 4 is 32.8 Å². The number of fused-ring (bicyclic) bond motifs is 1. The van der Waals surface area contributed by atoms with Crippen LogP contribution in [0.15, 0.2) is 37.9 Å².